The third-order valence-electron chi connectivity index (χ3n) is 2.70. The van der Waals surface area contributed by atoms with Crippen molar-refractivity contribution in [2.75, 3.05) is 19.0 Å². The van der Waals surface area contributed by atoms with E-state index >= 15 is 0 Å². The molecule has 0 fully saturated rings. The van der Waals surface area contributed by atoms with Crippen LogP contribution in [-0.4, -0.2) is 34.9 Å². The van der Waals surface area contributed by atoms with Gasteiger partial charge in [-0.25, -0.2) is 0 Å². The Morgan fingerprint density at radius 3 is 2.44 bits per heavy atom. The van der Waals surface area contributed by atoms with Gasteiger partial charge in [0.15, 0.2) is 0 Å². The minimum atomic E-state index is -0.794. The first-order chi connectivity index (χ1) is 8.17. The zero-order valence-electron chi connectivity index (χ0n) is 10.4. The summed E-state index contributed by atoms with van der Waals surface area (Å²) in [4.78, 5) is 13.0. The van der Waals surface area contributed by atoms with E-state index in [1.807, 2.05) is 24.3 Å². The first kappa shape index (κ1) is 17.2. The second kappa shape index (κ2) is 9.20. The zero-order valence-corrected chi connectivity index (χ0v) is 12.0. The van der Waals surface area contributed by atoms with Crippen molar-refractivity contribution in [2.45, 2.75) is 19.9 Å². The van der Waals surface area contributed by atoms with E-state index < -0.39 is 5.97 Å². The summed E-state index contributed by atoms with van der Waals surface area (Å²) in [6.07, 6.45) is 0.0780. The maximum Gasteiger partial charge on any atom is 0.307 e. The fourth-order valence-electron chi connectivity index (χ4n) is 1.76. The molecule has 0 spiro atoms. The number of halogens is 2. The van der Waals surface area contributed by atoms with Gasteiger partial charge in [-0.1, -0.05) is 31.2 Å². The van der Waals surface area contributed by atoms with Gasteiger partial charge in [0, 0.05) is 19.0 Å². The Morgan fingerprint density at radius 2 is 1.94 bits per heavy atom. The molecular formula is C13H19Cl2NO2. The summed E-state index contributed by atoms with van der Waals surface area (Å²) in [6, 6.07) is 7.67. The van der Waals surface area contributed by atoms with Gasteiger partial charge in [0.2, 0.25) is 0 Å². The third kappa shape index (κ3) is 5.71. The van der Waals surface area contributed by atoms with Crippen LogP contribution in [0.4, 0.5) is 0 Å². The van der Waals surface area contributed by atoms with E-state index in [0.717, 1.165) is 30.8 Å². The molecule has 0 bridgehead atoms. The molecule has 5 heteroatoms. The molecule has 0 amide bonds. The van der Waals surface area contributed by atoms with Gasteiger partial charge in [0.1, 0.15) is 0 Å². The van der Waals surface area contributed by atoms with E-state index in [1.54, 1.807) is 0 Å². The molecule has 0 aliphatic heterocycles. The van der Waals surface area contributed by atoms with Crippen molar-refractivity contribution in [3.63, 3.8) is 0 Å². The predicted octanol–water partition coefficient (Wildman–Crippen LogP) is 2.80. The molecule has 18 heavy (non-hydrogen) atoms. The van der Waals surface area contributed by atoms with Crippen LogP contribution in [0.15, 0.2) is 24.3 Å². The van der Waals surface area contributed by atoms with Gasteiger partial charge in [-0.2, -0.15) is 0 Å². The van der Waals surface area contributed by atoms with Gasteiger partial charge in [-0.3, -0.25) is 9.69 Å². The Kier molecular flexibility index (Phi) is 8.81. The molecule has 0 aliphatic carbocycles. The third-order valence-corrected chi connectivity index (χ3v) is 2.87. The van der Waals surface area contributed by atoms with Crippen LogP contribution in [0.25, 0.3) is 0 Å². The van der Waals surface area contributed by atoms with Crippen molar-refractivity contribution in [1.82, 2.24) is 4.90 Å². The lowest BCUT2D eigenvalue weighted by molar-refractivity contribution is -0.136. The highest BCUT2D eigenvalue weighted by atomic mass is 35.5. The molecule has 0 radical (unpaired) electrons. The molecule has 0 saturated heterocycles. The zero-order chi connectivity index (χ0) is 12.7. The normalized spacial score (nSPS) is 10.2. The van der Waals surface area contributed by atoms with Gasteiger partial charge in [-0.05, 0) is 17.7 Å². The van der Waals surface area contributed by atoms with Crippen LogP contribution in [0.5, 0.6) is 0 Å². The second-order valence-electron chi connectivity index (χ2n) is 3.90. The number of nitrogens with zero attached hydrogens (tertiary/aromatic N) is 1. The van der Waals surface area contributed by atoms with Crippen molar-refractivity contribution in [1.29, 1.82) is 0 Å². The summed E-state index contributed by atoms with van der Waals surface area (Å²) >= 11 is 5.73. The molecular weight excluding hydrogens is 273 g/mol. The summed E-state index contributed by atoms with van der Waals surface area (Å²) in [7, 11) is 0. The molecule has 3 nitrogen and oxygen atoms in total. The van der Waals surface area contributed by atoms with Crippen molar-refractivity contribution >= 4 is 30.0 Å². The standard InChI is InChI=1S/C13H18ClNO2.ClH/c1-2-15(8-7-14)10-12-6-4-3-5-11(12)9-13(16)17;/h3-6H,2,7-10H2,1H3,(H,16,17);1H. The van der Waals surface area contributed by atoms with Crippen molar-refractivity contribution in [2.24, 2.45) is 0 Å². The maximum absolute atomic E-state index is 10.8. The van der Waals surface area contributed by atoms with Crippen molar-refractivity contribution in [3.05, 3.63) is 35.4 Å². The number of carboxylic acid groups (broad SMARTS) is 1. The Labute approximate surface area is 119 Å². The van der Waals surface area contributed by atoms with Crippen LogP contribution in [0.1, 0.15) is 18.1 Å². The molecule has 102 valence electrons. The van der Waals surface area contributed by atoms with Crippen LogP contribution in [0.2, 0.25) is 0 Å². The van der Waals surface area contributed by atoms with Crippen LogP contribution in [0.3, 0.4) is 0 Å². The number of aliphatic carboxylic acids is 1. The largest absolute Gasteiger partial charge is 0.481 e. The molecule has 0 unspecified atom stereocenters. The Hall–Kier alpha value is -0.770. The molecule has 1 rings (SSSR count). The van der Waals surface area contributed by atoms with Gasteiger partial charge in [0.25, 0.3) is 0 Å². The van der Waals surface area contributed by atoms with E-state index in [1.165, 1.54) is 0 Å². The van der Waals surface area contributed by atoms with Gasteiger partial charge >= 0.3 is 5.97 Å². The molecule has 0 aromatic heterocycles. The lowest BCUT2D eigenvalue weighted by Crippen LogP contribution is -2.25. The molecule has 1 N–H and O–H groups in total. The van der Waals surface area contributed by atoms with E-state index in [4.69, 9.17) is 16.7 Å². The highest BCUT2D eigenvalue weighted by Gasteiger charge is 2.09. The smallest absolute Gasteiger partial charge is 0.307 e. The van der Waals surface area contributed by atoms with Crippen molar-refractivity contribution < 1.29 is 9.90 Å². The minimum absolute atomic E-state index is 0. The van der Waals surface area contributed by atoms with E-state index in [-0.39, 0.29) is 18.8 Å². The van der Waals surface area contributed by atoms with Crippen molar-refractivity contribution in [3.8, 4) is 0 Å². The van der Waals surface area contributed by atoms with Crippen LogP contribution >= 0.6 is 24.0 Å². The van der Waals surface area contributed by atoms with Crippen LogP contribution < -0.4 is 0 Å². The molecule has 0 atom stereocenters. The molecule has 0 aliphatic rings. The molecule has 1 aromatic rings. The average molecular weight is 292 g/mol. The SMILES string of the molecule is CCN(CCCl)Cc1ccccc1CC(=O)O.Cl. The quantitative estimate of drug-likeness (QED) is 0.786. The topological polar surface area (TPSA) is 40.5 Å². The lowest BCUT2D eigenvalue weighted by Gasteiger charge is -2.20. The number of hydrogen-bond acceptors (Lipinski definition) is 2. The fourth-order valence-corrected chi connectivity index (χ4v) is 2.00. The number of alkyl halides is 1. The summed E-state index contributed by atoms with van der Waals surface area (Å²) in [5, 5.41) is 8.85. The Balaban J connectivity index is 0.00000289. The summed E-state index contributed by atoms with van der Waals surface area (Å²) in [5.41, 5.74) is 1.95. The van der Waals surface area contributed by atoms with Gasteiger partial charge in [0.05, 0.1) is 6.42 Å². The predicted molar refractivity (Wildman–Crippen MR) is 76.7 cm³/mol. The lowest BCUT2D eigenvalue weighted by atomic mass is 10.0. The molecule has 1 aromatic carbocycles. The number of benzene rings is 1. The Morgan fingerprint density at radius 1 is 1.33 bits per heavy atom. The number of carbonyl (C=O) groups is 1. The summed E-state index contributed by atoms with van der Waals surface area (Å²) in [5.74, 6) is -0.201. The number of rotatable bonds is 7. The average Bonchev–Trinajstić information content (AvgIpc) is 2.30. The van der Waals surface area contributed by atoms with Crippen LogP contribution in [-0.2, 0) is 17.8 Å². The van der Waals surface area contributed by atoms with Crippen LogP contribution in [0, 0.1) is 0 Å². The number of carboxylic acids is 1. The van der Waals surface area contributed by atoms with E-state index in [0.29, 0.717) is 5.88 Å². The van der Waals surface area contributed by atoms with Gasteiger partial charge < -0.3 is 5.11 Å². The maximum atomic E-state index is 10.8. The number of hydrogen-bond donors (Lipinski definition) is 1. The van der Waals surface area contributed by atoms with E-state index in [9.17, 15) is 4.79 Å². The highest BCUT2D eigenvalue weighted by Crippen LogP contribution is 2.12. The van der Waals surface area contributed by atoms with Gasteiger partial charge in [-0.15, -0.1) is 24.0 Å². The highest BCUT2D eigenvalue weighted by molar-refractivity contribution is 6.18. The minimum Gasteiger partial charge on any atom is -0.481 e. The summed E-state index contributed by atoms with van der Waals surface area (Å²) in [6.45, 7) is 4.56. The monoisotopic (exact) mass is 291 g/mol. The molecule has 0 saturated carbocycles. The Bertz CT molecular complexity index is 372. The molecule has 0 heterocycles. The second-order valence-corrected chi connectivity index (χ2v) is 4.27. The first-order valence-electron chi connectivity index (χ1n) is 5.74. The summed E-state index contributed by atoms with van der Waals surface area (Å²) < 4.78 is 0. The van der Waals surface area contributed by atoms with E-state index in [2.05, 4.69) is 11.8 Å². The first-order valence-corrected chi connectivity index (χ1v) is 6.27. The fraction of sp³-hybridized carbons (Fsp3) is 0.462.